The van der Waals surface area contributed by atoms with Crippen LogP contribution in [0.3, 0.4) is 0 Å². The van der Waals surface area contributed by atoms with Gasteiger partial charge in [-0.05, 0) is 63.8 Å². The molecule has 0 saturated heterocycles. The van der Waals surface area contributed by atoms with E-state index in [0.717, 1.165) is 26.5 Å². The van der Waals surface area contributed by atoms with Crippen molar-refractivity contribution in [2.24, 2.45) is 0 Å². The van der Waals surface area contributed by atoms with Crippen molar-refractivity contribution in [1.82, 2.24) is 0 Å². The number of halogens is 2. The van der Waals surface area contributed by atoms with Gasteiger partial charge in [-0.1, -0.05) is 67.1 Å². The summed E-state index contributed by atoms with van der Waals surface area (Å²) < 4.78 is 13.3. The summed E-state index contributed by atoms with van der Waals surface area (Å²) in [5.74, 6) is 1.37. The smallest absolute Gasteiger partial charge is 0.175 e. The number of unbranched alkanes of at least 4 members (excludes halogenated alkanes) is 5. The second kappa shape index (κ2) is 12.7. The van der Waals surface area contributed by atoms with Crippen LogP contribution in [0.1, 0.15) is 56.6 Å². The molecule has 0 heterocycles. The first kappa shape index (κ1) is 23.5. The van der Waals surface area contributed by atoms with Gasteiger partial charge in [0.05, 0.1) is 29.8 Å². The van der Waals surface area contributed by atoms with E-state index >= 15 is 0 Å². The number of nitrogens with zero attached hydrogens (tertiary/aromatic N) is 1. The van der Waals surface area contributed by atoms with Crippen LogP contribution in [-0.2, 0) is 0 Å². The van der Waals surface area contributed by atoms with Crippen molar-refractivity contribution in [2.45, 2.75) is 45.4 Å². The molecule has 0 radical (unpaired) electrons. The highest BCUT2D eigenvalue weighted by molar-refractivity contribution is 9.10. The van der Waals surface area contributed by atoms with Crippen LogP contribution in [0.4, 0.5) is 0 Å². The Balaban J connectivity index is 2.10. The molecule has 2 rings (SSSR count). The van der Waals surface area contributed by atoms with Gasteiger partial charge in [0.2, 0.25) is 0 Å². The molecule has 2 aromatic carbocycles. The van der Waals surface area contributed by atoms with Gasteiger partial charge in [-0.2, -0.15) is 5.26 Å². The molecule has 154 valence electrons. The lowest BCUT2D eigenvalue weighted by Crippen LogP contribution is -2.00. The summed E-state index contributed by atoms with van der Waals surface area (Å²) in [6, 6.07) is 13.8. The zero-order valence-corrected chi connectivity index (χ0v) is 20.2. The molecular formula is C24H27Br2NO2. The third-order valence-corrected chi connectivity index (χ3v) is 5.70. The molecule has 0 aliphatic rings. The van der Waals surface area contributed by atoms with Crippen LogP contribution in [0.25, 0.3) is 11.6 Å². The first-order valence-electron chi connectivity index (χ1n) is 9.97. The summed E-state index contributed by atoms with van der Waals surface area (Å²) in [6.45, 7) is 2.89. The molecule has 0 aliphatic carbocycles. The number of hydrogen-bond acceptors (Lipinski definition) is 3. The van der Waals surface area contributed by atoms with Gasteiger partial charge in [-0.15, -0.1) is 0 Å². The Labute approximate surface area is 191 Å². The van der Waals surface area contributed by atoms with Crippen LogP contribution in [0.5, 0.6) is 11.5 Å². The summed E-state index contributed by atoms with van der Waals surface area (Å²) >= 11 is 7.02. The van der Waals surface area contributed by atoms with Gasteiger partial charge in [0, 0.05) is 4.47 Å². The molecule has 0 fully saturated rings. The standard InChI is InChI=1S/C24H27Br2NO2/c1-3-4-5-6-7-8-13-29-24-22(26)15-18(16-23(24)28-2)14-20(17-27)19-9-11-21(25)12-10-19/h9-12,14-16H,3-8,13H2,1-2H3/b20-14+. The molecule has 2 aromatic rings. The SMILES string of the molecule is CCCCCCCCOc1c(Br)cc(/C=C(\C#N)c2ccc(Br)cc2)cc1OC. The molecule has 0 saturated carbocycles. The van der Waals surface area contributed by atoms with E-state index in [9.17, 15) is 5.26 Å². The fraction of sp³-hybridized carbons (Fsp3) is 0.375. The maximum atomic E-state index is 9.58. The monoisotopic (exact) mass is 519 g/mol. The molecule has 0 spiro atoms. The molecule has 0 amide bonds. The van der Waals surface area contributed by atoms with E-state index in [0.29, 0.717) is 23.7 Å². The minimum Gasteiger partial charge on any atom is -0.493 e. The fourth-order valence-corrected chi connectivity index (χ4v) is 3.83. The zero-order chi connectivity index (χ0) is 21.1. The second-order valence-electron chi connectivity index (χ2n) is 6.83. The van der Waals surface area contributed by atoms with Crippen molar-refractivity contribution in [1.29, 1.82) is 5.26 Å². The lowest BCUT2D eigenvalue weighted by Gasteiger charge is -2.14. The van der Waals surface area contributed by atoms with E-state index in [1.807, 2.05) is 42.5 Å². The minimum atomic E-state index is 0.590. The van der Waals surface area contributed by atoms with Gasteiger partial charge in [-0.25, -0.2) is 0 Å². The van der Waals surface area contributed by atoms with Gasteiger partial charge < -0.3 is 9.47 Å². The average molecular weight is 521 g/mol. The van der Waals surface area contributed by atoms with Gasteiger partial charge >= 0.3 is 0 Å². The molecule has 0 aliphatic heterocycles. The highest BCUT2D eigenvalue weighted by atomic mass is 79.9. The predicted molar refractivity (Wildman–Crippen MR) is 127 cm³/mol. The van der Waals surface area contributed by atoms with Gasteiger partial charge in [0.1, 0.15) is 0 Å². The Morgan fingerprint density at radius 1 is 1.03 bits per heavy atom. The number of benzene rings is 2. The average Bonchev–Trinajstić information content (AvgIpc) is 2.73. The lowest BCUT2D eigenvalue weighted by atomic mass is 10.0. The van der Waals surface area contributed by atoms with Crippen LogP contribution in [0, 0.1) is 11.3 Å². The van der Waals surface area contributed by atoms with E-state index in [1.54, 1.807) is 7.11 Å². The molecule has 5 heteroatoms. The van der Waals surface area contributed by atoms with Gasteiger partial charge in [0.15, 0.2) is 11.5 Å². The van der Waals surface area contributed by atoms with Crippen LogP contribution >= 0.6 is 31.9 Å². The van der Waals surface area contributed by atoms with Gasteiger partial charge in [-0.3, -0.25) is 0 Å². The molecule has 0 bridgehead atoms. The third-order valence-electron chi connectivity index (χ3n) is 4.58. The fourth-order valence-electron chi connectivity index (χ4n) is 3.00. The lowest BCUT2D eigenvalue weighted by molar-refractivity contribution is 0.283. The van der Waals surface area contributed by atoms with Crippen LogP contribution < -0.4 is 9.47 Å². The maximum Gasteiger partial charge on any atom is 0.175 e. The molecule has 0 atom stereocenters. The molecule has 0 aromatic heterocycles. The number of ether oxygens (including phenoxy) is 2. The van der Waals surface area contributed by atoms with E-state index in [1.165, 1.54) is 32.1 Å². The highest BCUT2D eigenvalue weighted by Gasteiger charge is 2.12. The Kier molecular flexibility index (Phi) is 10.3. The quantitative estimate of drug-likeness (QED) is 0.171. The Bertz CT molecular complexity index is 854. The van der Waals surface area contributed by atoms with Crippen molar-refractivity contribution in [3.05, 3.63) is 56.5 Å². The first-order chi connectivity index (χ1) is 14.1. The molecule has 0 unspecified atom stereocenters. The number of methoxy groups -OCH3 is 1. The van der Waals surface area contributed by atoms with Crippen molar-refractivity contribution in [3.63, 3.8) is 0 Å². The van der Waals surface area contributed by atoms with E-state index in [-0.39, 0.29) is 0 Å². The van der Waals surface area contributed by atoms with Crippen molar-refractivity contribution < 1.29 is 9.47 Å². The summed E-state index contributed by atoms with van der Waals surface area (Å²) in [7, 11) is 1.63. The predicted octanol–water partition coefficient (Wildman–Crippen LogP) is 8.02. The Morgan fingerprint density at radius 3 is 2.38 bits per heavy atom. The van der Waals surface area contributed by atoms with Crippen molar-refractivity contribution in [3.8, 4) is 17.6 Å². The molecule has 3 nitrogen and oxygen atoms in total. The topological polar surface area (TPSA) is 42.2 Å². The van der Waals surface area contributed by atoms with E-state index in [2.05, 4.69) is 44.9 Å². The van der Waals surface area contributed by atoms with Gasteiger partial charge in [0.25, 0.3) is 0 Å². The van der Waals surface area contributed by atoms with Crippen LogP contribution in [0.15, 0.2) is 45.3 Å². The summed E-state index contributed by atoms with van der Waals surface area (Å²) in [4.78, 5) is 0. The number of rotatable bonds is 11. The molecular weight excluding hydrogens is 494 g/mol. The minimum absolute atomic E-state index is 0.590. The molecule has 0 N–H and O–H groups in total. The maximum absolute atomic E-state index is 9.58. The largest absolute Gasteiger partial charge is 0.493 e. The van der Waals surface area contributed by atoms with Crippen molar-refractivity contribution >= 4 is 43.5 Å². The van der Waals surface area contributed by atoms with Crippen LogP contribution in [-0.4, -0.2) is 13.7 Å². The summed E-state index contributed by atoms with van der Waals surface area (Å²) in [5, 5.41) is 9.58. The number of hydrogen-bond donors (Lipinski definition) is 0. The first-order valence-corrected chi connectivity index (χ1v) is 11.6. The van der Waals surface area contributed by atoms with E-state index < -0.39 is 0 Å². The number of allylic oxidation sites excluding steroid dienone is 1. The molecule has 29 heavy (non-hydrogen) atoms. The summed E-state index contributed by atoms with van der Waals surface area (Å²) in [5.41, 5.74) is 2.33. The van der Waals surface area contributed by atoms with Crippen molar-refractivity contribution in [2.75, 3.05) is 13.7 Å². The zero-order valence-electron chi connectivity index (χ0n) is 17.0. The highest BCUT2D eigenvalue weighted by Crippen LogP contribution is 2.38. The number of nitriles is 1. The van der Waals surface area contributed by atoms with Crippen LogP contribution in [0.2, 0.25) is 0 Å². The normalized spacial score (nSPS) is 11.2. The second-order valence-corrected chi connectivity index (χ2v) is 8.60. The Hall–Kier alpha value is -1.77. The van der Waals surface area contributed by atoms with E-state index in [4.69, 9.17) is 9.47 Å². The third kappa shape index (κ3) is 7.53. The Morgan fingerprint density at radius 2 is 1.72 bits per heavy atom. The summed E-state index contributed by atoms with van der Waals surface area (Å²) in [6.07, 6.45) is 9.18.